The van der Waals surface area contributed by atoms with Gasteiger partial charge in [-0.3, -0.25) is 4.79 Å². The topological polar surface area (TPSA) is 108 Å². The lowest BCUT2D eigenvalue weighted by Crippen LogP contribution is -2.51. The van der Waals surface area contributed by atoms with Gasteiger partial charge in [-0.25, -0.2) is 23.1 Å². The van der Waals surface area contributed by atoms with Crippen molar-refractivity contribution in [3.63, 3.8) is 0 Å². The van der Waals surface area contributed by atoms with Crippen molar-refractivity contribution in [3.8, 4) is 0 Å². The van der Waals surface area contributed by atoms with Crippen LogP contribution in [0, 0.1) is 13.8 Å². The van der Waals surface area contributed by atoms with E-state index >= 15 is 0 Å². The maximum absolute atomic E-state index is 13.4. The summed E-state index contributed by atoms with van der Waals surface area (Å²) >= 11 is 12.1. The second-order valence-corrected chi connectivity index (χ2v) is 12.5. The minimum Gasteiger partial charge on any atom is -0.366 e. The average molecular weight is 570 g/mol. The van der Waals surface area contributed by atoms with Crippen LogP contribution < -0.4 is 10.0 Å². The summed E-state index contributed by atoms with van der Waals surface area (Å²) in [5, 5.41) is 4.31. The molecule has 0 aliphatic carbocycles. The number of likely N-dealkylation sites (tertiary alicyclic amines) is 2. The second kappa shape index (κ2) is 11.8. The third-order valence-corrected chi connectivity index (χ3v) is 8.58. The predicted octanol–water partition coefficient (Wildman–Crippen LogP) is 3.63. The van der Waals surface area contributed by atoms with Crippen molar-refractivity contribution in [1.29, 1.82) is 0 Å². The Balaban J connectivity index is 1.34. The van der Waals surface area contributed by atoms with Crippen LogP contribution in [0.5, 0.6) is 0 Å². The third kappa shape index (κ3) is 7.32. The smallest absolute Gasteiger partial charge is 0.272 e. The Morgan fingerprint density at radius 1 is 1.03 bits per heavy atom. The molecule has 2 saturated heterocycles. The number of carbonyl (C=O) groups is 1. The summed E-state index contributed by atoms with van der Waals surface area (Å²) in [5.41, 5.74) is 2.10. The normalized spacial score (nSPS) is 18.2. The lowest BCUT2D eigenvalue weighted by Gasteiger charge is -2.41. The molecule has 2 aromatic rings. The Bertz CT molecular complexity index is 1240. The monoisotopic (exact) mass is 568 g/mol. The van der Waals surface area contributed by atoms with E-state index in [0.29, 0.717) is 53.1 Å². The van der Waals surface area contributed by atoms with E-state index in [-0.39, 0.29) is 11.9 Å². The highest BCUT2D eigenvalue weighted by molar-refractivity contribution is 7.88. The van der Waals surface area contributed by atoms with E-state index in [1.807, 2.05) is 17.9 Å². The minimum absolute atomic E-state index is 0.0105. The van der Waals surface area contributed by atoms with Gasteiger partial charge in [0.15, 0.2) is 0 Å². The SMILES string of the molecule is Cc1nc(NCc2ccc(Cl)c(Cl)c2)c(C)c(C(=O)N2CCC(N3CCC(NS(C)(=O)=O)CC3)CC2)n1. The van der Waals surface area contributed by atoms with Gasteiger partial charge in [0.25, 0.3) is 5.91 Å². The number of aromatic nitrogens is 2. The van der Waals surface area contributed by atoms with Crippen molar-refractivity contribution in [1.82, 2.24) is 24.5 Å². The molecule has 1 aromatic carbocycles. The molecular weight excluding hydrogens is 535 g/mol. The number of hydrogen-bond donors (Lipinski definition) is 2. The molecule has 9 nitrogen and oxygen atoms in total. The third-order valence-electron chi connectivity index (χ3n) is 7.08. The molecule has 0 saturated carbocycles. The number of sulfonamides is 1. The lowest BCUT2D eigenvalue weighted by molar-refractivity contribution is 0.0570. The summed E-state index contributed by atoms with van der Waals surface area (Å²) in [6, 6.07) is 5.87. The Morgan fingerprint density at radius 3 is 2.32 bits per heavy atom. The molecule has 0 radical (unpaired) electrons. The predicted molar refractivity (Wildman–Crippen MR) is 147 cm³/mol. The number of piperidine rings is 2. The van der Waals surface area contributed by atoms with Gasteiger partial charge in [-0.1, -0.05) is 29.3 Å². The maximum atomic E-state index is 13.4. The van der Waals surface area contributed by atoms with Crippen LogP contribution >= 0.6 is 23.2 Å². The van der Waals surface area contributed by atoms with Gasteiger partial charge in [-0.05, 0) is 70.3 Å². The fourth-order valence-corrected chi connectivity index (χ4v) is 6.28. The highest BCUT2D eigenvalue weighted by atomic mass is 35.5. The first-order chi connectivity index (χ1) is 17.5. The summed E-state index contributed by atoms with van der Waals surface area (Å²) in [6.45, 7) is 7.21. The van der Waals surface area contributed by atoms with Gasteiger partial charge < -0.3 is 15.1 Å². The fraction of sp³-hybridized carbons (Fsp3) is 0.560. The summed E-state index contributed by atoms with van der Waals surface area (Å²) in [5.74, 6) is 1.09. The molecular formula is C25H34Cl2N6O3S. The number of amides is 1. The average Bonchev–Trinajstić information content (AvgIpc) is 2.85. The fourth-order valence-electron chi connectivity index (χ4n) is 5.11. The molecule has 2 N–H and O–H groups in total. The Hall–Kier alpha value is -1.98. The van der Waals surface area contributed by atoms with Crippen LogP contribution in [0.25, 0.3) is 0 Å². The number of nitrogens with one attached hydrogen (secondary N) is 2. The van der Waals surface area contributed by atoms with Crippen molar-refractivity contribution in [2.24, 2.45) is 0 Å². The maximum Gasteiger partial charge on any atom is 0.272 e. The summed E-state index contributed by atoms with van der Waals surface area (Å²) in [6.07, 6.45) is 4.61. The van der Waals surface area contributed by atoms with Gasteiger partial charge >= 0.3 is 0 Å². The zero-order chi connectivity index (χ0) is 26.7. The van der Waals surface area contributed by atoms with E-state index in [1.54, 1.807) is 19.1 Å². The first-order valence-electron chi connectivity index (χ1n) is 12.5. The van der Waals surface area contributed by atoms with E-state index in [4.69, 9.17) is 23.2 Å². The zero-order valence-electron chi connectivity index (χ0n) is 21.4. The molecule has 0 bridgehead atoms. The quantitative estimate of drug-likeness (QED) is 0.525. The van der Waals surface area contributed by atoms with Crippen LogP contribution in [0.4, 0.5) is 5.82 Å². The van der Waals surface area contributed by atoms with Gasteiger partial charge in [0.05, 0.1) is 16.3 Å². The van der Waals surface area contributed by atoms with Crippen LogP contribution in [0.1, 0.15) is 53.1 Å². The Morgan fingerprint density at radius 2 is 1.70 bits per heavy atom. The van der Waals surface area contributed by atoms with Gasteiger partial charge in [-0.2, -0.15) is 0 Å². The summed E-state index contributed by atoms with van der Waals surface area (Å²) < 4.78 is 25.7. The molecule has 3 heterocycles. The van der Waals surface area contributed by atoms with Gasteiger partial charge in [0.2, 0.25) is 10.0 Å². The highest BCUT2D eigenvalue weighted by Crippen LogP contribution is 2.26. The van der Waals surface area contributed by atoms with Crippen LogP contribution in [0.2, 0.25) is 10.0 Å². The van der Waals surface area contributed by atoms with Gasteiger partial charge in [0.1, 0.15) is 17.3 Å². The first kappa shape index (κ1) is 28.0. The standard InChI is InChI=1S/C25H34Cl2N6O3S/c1-16-23(29-17(2)30-24(16)28-15-18-4-5-21(26)22(27)14-18)25(34)33-12-8-20(9-13-33)32-10-6-19(7-11-32)31-37(3,35)36/h4-5,14,19-20,31H,6-13,15H2,1-3H3,(H,28,29,30). The summed E-state index contributed by atoms with van der Waals surface area (Å²) in [7, 11) is -3.18. The summed E-state index contributed by atoms with van der Waals surface area (Å²) in [4.78, 5) is 26.8. The van der Waals surface area contributed by atoms with E-state index in [2.05, 4.69) is 24.9 Å². The number of halogens is 2. The molecule has 1 aromatic heterocycles. The first-order valence-corrected chi connectivity index (χ1v) is 15.2. The lowest BCUT2D eigenvalue weighted by atomic mass is 9.98. The van der Waals surface area contributed by atoms with Crippen LogP contribution in [-0.2, 0) is 16.6 Å². The molecule has 4 rings (SSSR count). The number of hydrogen-bond acceptors (Lipinski definition) is 7. The Labute approximate surface area is 229 Å². The van der Waals surface area contributed by atoms with Gasteiger partial charge in [0, 0.05) is 37.3 Å². The molecule has 37 heavy (non-hydrogen) atoms. The highest BCUT2D eigenvalue weighted by Gasteiger charge is 2.31. The van der Waals surface area contributed by atoms with Crippen molar-refractivity contribution in [3.05, 3.63) is 50.9 Å². The van der Waals surface area contributed by atoms with Crippen LogP contribution in [-0.4, -0.2) is 78.6 Å². The molecule has 1 amide bonds. The van der Waals surface area contributed by atoms with Gasteiger partial charge in [-0.15, -0.1) is 0 Å². The molecule has 0 spiro atoms. The van der Waals surface area contributed by atoms with Crippen molar-refractivity contribution in [2.75, 3.05) is 37.8 Å². The number of rotatable bonds is 7. The second-order valence-electron chi connectivity index (χ2n) is 9.92. The van der Waals surface area contributed by atoms with E-state index in [9.17, 15) is 13.2 Å². The number of benzene rings is 1. The van der Waals surface area contributed by atoms with Crippen LogP contribution in [0.3, 0.4) is 0 Å². The number of nitrogens with zero attached hydrogens (tertiary/aromatic N) is 4. The Kier molecular flexibility index (Phi) is 8.96. The number of carbonyl (C=O) groups excluding carboxylic acids is 1. The molecule has 202 valence electrons. The zero-order valence-corrected chi connectivity index (χ0v) is 23.8. The van der Waals surface area contributed by atoms with Crippen molar-refractivity contribution < 1.29 is 13.2 Å². The molecule has 0 atom stereocenters. The van der Waals surface area contributed by atoms with Crippen LogP contribution in [0.15, 0.2) is 18.2 Å². The number of aryl methyl sites for hydroxylation is 1. The molecule has 2 aliphatic heterocycles. The number of anilines is 1. The molecule has 2 aliphatic rings. The molecule has 0 unspecified atom stereocenters. The molecule has 2 fully saturated rings. The van der Waals surface area contributed by atoms with Crippen molar-refractivity contribution >= 4 is 45.0 Å². The molecule has 12 heteroatoms. The van der Waals surface area contributed by atoms with E-state index < -0.39 is 10.0 Å². The van der Waals surface area contributed by atoms with Crippen molar-refractivity contribution in [2.45, 2.75) is 58.2 Å². The van der Waals surface area contributed by atoms with E-state index in [1.165, 1.54) is 6.26 Å². The van der Waals surface area contributed by atoms with E-state index in [0.717, 1.165) is 49.9 Å². The largest absolute Gasteiger partial charge is 0.366 e. The minimum atomic E-state index is -3.18.